The molecule has 15 heavy (non-hydrogen) atoms. The summed E-state index contributed by atoms with van der Waals surface area (Å²) in [4.78, 5) is 0. The molecule has 0 saturated heterocycles. The first kappa shape index (κ1) is 11.9. The first-order valence-corrected chi connectivity index (χ1v) is 4.72. The molecule has 0 aliphatic rings. The van der Waals surface area contributed by atoms with Crippen molar-refractivity contribution in [3.8, 4) is 5.75 Å². The molecule has 4 heteroatoms. The molecule has 0 heterocycles. The van der Waals surface area contributed by atoms with Crippen molar-refractivity contribution in [3.05, 3.63) is 29.3 Å². The fourth-order valence-electron chi connectivity index (χ4n) is 1.41. The van der Waals surface area contributed by atoms with Crippen molar-refractivity contribution < 1.29 is 13.5 Å². The molecule has 2 nitrogen and oxygen atoms in total. The fourth-order valence-corrected chi connectivity index (χ4v) is 1.41. The molecular formula is C11H15F2NO. The van der Waals surface area contributed by atoms with Gasteiger partial charge in [0.2, 0.25) is 0 Å². The van der Waals surface area contributed by atoms with Crippen LogP contribution in [-0.4, -0.2) is 19.6 Å². The van der Waals surface area contributed by atoms with Crippen molar-refractivity contribution in [2.45, 2.75) is 25.8 Å². The van der Waals surface area contributed by atoms with Crippen LogP contribution in [0.25, 0.3) is 0 Å². The summed E-state index contributed by atoms with van der Waals surface area (Å²) in [7, 11) is 1.52. The summed E-state index contributed by atoms with van der Waals surface area (Å²) in [5.74, 6) is 0.608. The van der Waals surface area contributed by atoms with Gasteiger partial charge in [-0.15, -0.1) is 0 Å². The van der Waals surface area contributed by atoms with E-state index in [0.29, 0.717) is 5.75 Å². The second-order valence-corrected chi connectivity index (χ2v) is 3.52. The number of benzene rings is 1. The Kier molecular flexibility index (Phi) is 4.03. The van der Waals surface area contributed by atoms with E-state index in [0.717, 1.165) is 11.1 Å². The summed E-state index contributed by atoms with van der Waals surface area (Å²) < 4.78 is 29.6. The maximum atomic E-state index is 12.3. The Hall–Kier alpha value is -1.16. The maximum absolute atomic E-state index is 12.3. The second kappa shape index (κ2) is 5.07. The lowest BCUT2D eigenvalue weighted by atomic mass is 10.0. The standard InChI is InChI=1S/C11H15F2NO/c1-7-3-4-10(15-2)8(5-7)6-9(14)11(12)13/h3-5,9,11H,6,14H2,1-2H3. The highest BCUT2D eigenvalue weighted by Crippen LogP contribution is 2.21. The maximum Gasteiger partial charge on any atom is 0.253 e. The van der Waals surface area contributed by atoms with Gasteiger partial charge in [-0.05, 0) is 25.0 Å². The number of halogens is 2. The van der Waals surface area contributed by atoms with Crippen LogP contribution in [0.1, 0.15) is 11.1 Å². The van der Waals surface area contributed by atoms with Crippen LogP contribution in [0, 0.1) is 6.92 Å². The van der Waals surface area contributed by atoms with Crippen molar-refractivity contribution >= 4 is 0 Å². The average Bonchev–Trinajstić information content (AvgIpc) is 2.18. The van der Waals surface area contributed by atoms with E-state index >= 15 is 0 Å². The smallest absolute Gasteiger partial charge is 0.253 e. The summed E-state index contributed by atoms with van der Waals surface area (Å²) in [6.45, 7) is 1.90. The van der Waals surface area contributed by atoms with Gasteiger partial charge in [-0.1, -0.05) is 17.7 Å². The molecule has 0 spiro atoms. The van der Waals surface area contributed by atoms with E-state index in [2.05, 4.69) is 0 Å². The third-order valence-corrected chi connectivity index (χ3v) is 2.22. The number of methoxy groups -OCH3 is 1. The number of rotatable bonds is 4. The van der Waals surface area contributed by atoms with E-state index in [1.54, 1.807) is 6.07 Å². The molecule has 0 radical (unpaired) electrons. The van der Waals surface area contributed by atoms with Crippen molar-refractivity contribution in [2.75, 3.05) is 7.11 Å². The summed E-state index contributed by atoms with van der Waals surface area (Å²) in [6, 6.07) is 4.32. The summed E-state index contributed by atoms with van der Waals surface area (Å²) >= 11 is 0. The molecule has 0 fully saturated rings. The molecule has 2 N–H and O–H groups in total. The number of alkyl halides is 2. The minimum Gasteiger partial charge on any atom is -0.496 e. The monoisotopic (exact) mass is 215 g/mol. The number of nitrogens with two attached hydrogens (primary N) is 1. The summed E-state index contributed by atoms with van der Waals surface area (Å²) in [5.41, 5.74) is 7.05. The van der Waals surface area contributed by atoms with Crippen molar-refractivity contribution in [3.63, 3.8) is 0 Å². The third-order valence-electron chi connectivity index (χ3n) is 2.22. The lowest BCUT2D eigenvalue weighted by molar-refractivity contribution is 0.115. The van der Waals surface area contributed by atoms with Gasteiger partial charge in [0.15, 0.2) is 0 Å². The molecule has 0 amide bonds. The Balaban J connectivity index is 2.87. The van der Waals surface area contributed by atoms with E-state index < -0.39 is 12.5 Å². The van der Waals surface area contributed by atoms with Crippen LogP contribution < -0.4 is 10.5 Å². The van der Waals surface area contributed by atoms with Gasteiger partial charge in [0.25, 0.3) is 6.43 Å². The van der Waals surface area contributed by atoms with Crippen LogP contribution in [0.5, 0.6) is 5.75 Å². The molecule has 0 aliphatic heterocycles. The largest absolute Gasteiger partial charge is 0.496 e. The quantitative estimate of drug-likeness (QED) is 0.835. The Labute approximate surface area is 88.0 Å². The summed E-state index contributed by atoms with van der Waals surface area (Å²) in [5, 5.41) is 0. The lowest BCUT2D eigenvalue weighted by Crippen LogP contribution is -2.31. The van der Waals surface area contributed by atoms with E-state index in [-0.39, 0.29) is 6.42 Å². The predicted molar refractivity (Wildman–Crippen MR) is 55.4 cm³/mol. The van der Waals surface area contributed by atoms with Gasteiger partial charge >= 0.3 is 0 Å². The van der Waals surface area contributed by atoms with Gasteiger partial charge in [0.1, 0.15) is 5.75 Å². The Bertz CT molecular complexity index is 328. The molecule has 1 aromatic carbocycles. The van der Waals surface area contributed by atoms with Crippen LogP contribution in [0.15, 0.2) is 18.2 Å². The summed E-state index contributed by atoms with van der Waals surface area (Å²) in [6.07, 6.45) is -2.38. The number of hydrogen-bond acceptors (Lipinski definition) is 2. The molecular weight excluding hydrogens is 200 g/mol. The Morgan fingerprint density at radius 1 is 1.40 bits per heavy atom. The van der Waals surface area contributed by atoms with Crippen LogP contribution >= 0.6 is 0 Å². The lowest BCUT2D eigenvalue weighted by Gasteiger charge is -2.13. The van der Waals surface area contributed by atoms with Gasteiger partial charge in [-0.3, -0.25) is 0 Å². The highest BCUT2D eigenvalue weighted by atomic mass is 19.3. The zero-order chi connectivity index (χ0) is 11.4. The van der Waals surface area contributed by atoms with E-state index in [1.807, 2.05) is 19.1 Å². The Morgan fingerprint density at radius 2 is 2.07 bits per heavy atom. The van der Waals surface area contributed by atoms with E-state index in [4.69, 9.17) is 10.5 Å². The zero-order valence-corrected chi connectivity index (χ0v) is 8.84. The van der Waals surface area contributed by atoms with Gasteiger partial charge in [0.05, 0.1) is 13.2 Å². The number of aryl methyl sites for hydroxylation is 1. The SMILES string of the molecule is COc1ccc(C)cc1CC(N)C(F)F. The second-order valence-electron chi connectivity index (χ2n) is 3.52. The van der Waals surface area contributed by atoms with Crippen LogP contribution in [0.4, 0.5) is 8.78 Å². The van der Waals surface area contributed by atoms with Gasteiger partial charge in [-0.25, -0.2) is 8.78 Å². The topological polar surface area (TPSA) is 35.2 Å². The third kappa shape index (κ3) is 3.16. The minimum absolute atomic E-state index is 0.127. The Morgan fingerprint density at radius 3 is 2.60 bits per heavy atom. The molecule has 1 rings (SSSR count). The predicted octanol–water partition coefficient (Wildman–Crippen LogP) is 2.14. The first-order valence-electron chi connectivity index (χ1n) is 4.72. The first-order chi connectivity index (χ1) is 7.04. The van der Waals surface area contributed by atoms with Crippen LogP contribution in [-0.2, 0) is 6.42 Å². The fraction of sp³-hybridized carbons (Fsp3) is 0.455. The average molecular weight is 215 g/mol. The zero-order valence-electron chi connectivity index (χ0n) is 8.84. The van der Waals surface area contributed by atoms with Gasteiger partial charge in [-0.2, -0.15) is 0 Å². The van der Waals surface area contributed by atoms with Crippen LogP contribution in [0.2, 0.25) is 0 Å². The van der Waals surface area contributed by atoms with Crippen molar-refractivity contribution in [2.24, 2.45) is 5.73 Å². The number of ether oxygens (including phenoxy) is 1. The van der Waals surface area contributed by atoms with E-state index in [9.17, 15) is 8.78 Å². The normalized spacial score (nSPS) is 12.9. The molecule has 0 saturated carbocycles. The molecule has 1 atom stereocenters. The molecule has 1 unspecified atom stereocenters. The molecule has 84 valence electrons. The number of hydrogen-bond donors (Lipinski definition) is 1. The molecule has 0 aromatic heterocycles. The minimum atomic E-state index is -2.50. The van der Waals surface area contributed by atoms with Gasteiger partial charge in [0, 0.05) is 0 Å². The van der Waals surface area contributed by atoms with Crippen molar-refractivity contribution in [1.82, 2.24) is 0 Å². The van der Waals surface area contributed by atoms with Crippen LogP contribution in [0.3, 0.4) is 0 Å². The van der Waals surface area contributed by atoms with Crippen molar-refractivity contribution in [1.29, 1.82) is 0 Å². The van der Waals surface area contributed by atoms with Gasteiger partial charge < -0.3 is 10.5 Å². The highest BCUT2D eigenvalue weighted by molar-refractivity contribution is 5.37. The highest BCUT2D eigenvalue weighted by Gasteiger charge is 2.17. The molecule has 1 aromatic rings. The molecule has 0 bridgehead atoms. The molecule has 0 aliphatic carbocycles. The van der Waals surface area contributed by atoms with E-state index in [1.165, 1.54) is 7.11 Å².